The zero-order valence-corrected chi connectivity index (χ0v) is 12.8. The molecule has 0 saturated heterocycles. The van der Waals surface area contributed by atoms with Crippen molar-refractivity contribution < 1.29 is 9.59 Å². The molecule has 0 aliphatic rings. The summed E-state index contributed by atoms with van der Waals surface area (Å²) in [6.07, 6.45) is 0.841. The number of carbonyl (C=O) groups is 2. The van der Waals surface area contributed by atoms with E-state index in [-0.39, 0.29) is 40.6 Å². The number of likely N-dealkylation sites (N-methyl/N-ethyl adjacent to an activating group) is 1. The van der Waals surface area contributed by atoms with Crippen LogP contribution in [0.3, 0.4) is 0 Å². The number of nitrogens with zero attached hydrogens (tertiary/aromatic N) is 2. The fourth-order valence-electron chi connectivity index (χ4n) is 1.39. The first-order valence-corrected chi connectivity index (χ1v) is 7.41. The summed E-state index contributed by atoms with van der Waals surface area (Å²) in [5.41, 5.74) is 5.07. The van der Waals surface area contributed by atoms with Crippen molar-refractivity contribution >= 4 is 29.4 Å². The normalized spacial score (nSPS) is 10.2. The van der Waals surface area contributed by atoms with Crippen molar-refractivity contribution in [3.63, 3.8) is 0 Å². The number of hydrogen-bond acceptors (Lipinski definition) is 6. The molecule has 0 fully saturated rings. The van der Waals surface area contributed by atoms with Crippen LogP contribution in [0.25, 0.3) is 0 Å². The van der Waals surface area contributed by atoms with E-state index >= 15 is 0 Å². The maximum atomic E-state index is 11.9. The zero-order valence-electron chi connectivity index (χ0n) is 12.0. The van der Waals surface area contributed by atoms with Gasteiger partial charge in [-0.3, -0.25) is 14.4 Å². The summed E-state index contributed by atoms with van der Waals surface area (Å²) in [5, 5.41) is 2.97. The van der Waals surface area contributed by atoms with Crippen molar-refractivity contribution in [2.75, 3.05) is 31.6 Å². The molecule has 9 heteroatoms. The number of aromatic nitrogens is 2. The largest absolute Gasteiger partial charge is 0.383 e. The molecule has 4 N–H and O–H groups in total. The molecule has 1 rings (SSSR count). The molecule has 2 amide bonds. The Kier molecular flexibility index (Phi) is 6.73. The third-order valence-corrected chi connectivity index (χ3v) is 3.31. The highest BCUT2D eigenvalue weighted by atomic mass is 32.2. The number of nitrogens with one attached hydrogen (secondary N) is 2. The van der Waals surface area contributed by atoms with Crippen LogP contribution in [0.5, 0.6) is 0 Å². The first kappa shape index (κ1) is 17.0. The number of nitrogens with two attached hydrogens (primary N) is 1. The average molecular weight is 313 g/mol. The summed E-state index contributed by atoms with van der Waals surface area (Å²) < 4.78 is 0. The van der Waals surface area contributed by atoms with Crippen LogP contribution in [-0.2, 0) is 9.59 Å². The Labute approximate surface area is 126 Å². The number of hydrogen-bond donors (Lipinski definition) is 3. The Hall–Kier alpha value is -2.03. The van der Waals surface area contributed by atoms with Crippen LogP contribution in [0.2, 0.25) is 0 Å². The van der Waals surface area contributed by atoms with E-state index < -0.39 is 0 Å². The SMILES string of the molecule is CCCNC(=O)CN(C)C(=O)CSc1nc(N)cc(=O)[nH]1. The monoisotopic (exact) mass is 313 g/mol. The number of carbonyl (C=O) groups excluding carboxylic acids is 2. The number of nitrogen functional groups attached to an aromatic ring is 1. The van der Waals surface area contributed by atoms with Crippen molar-refractivity contribution in [2.45, 2.75) is 18.5 Å². The van der Waals surface area contributed by atoms with E-state index in [0.29, 0.717) is 6.54 Å². The highest BCUT2D eigenvalue weighted by Gasteiger charge is 2.13. The lowest BCUT2D eigenvalue weighted by Gasteiger charge is -2.16. The second-order valence-corrected chi connectivity index (χ2v) is 5.33. The Morgan fingerprint density at radius 3 is 2.86 bits per heavy atom. The Balaban J connectivity index is 2.45. The highest BCUT2D eigenvalue weighted by Crippen LogP contribution is 2.12. The summed E-state index contributed by atoms with van der Waals surface area (Å²) in [5.74, 6) is -0.282. The summed E-state index contributed by atoms with van der Waals surface area (Å²) in [4.78, 5) is 42.3. The van der Waals surface area contributed by atoms with Crippen LogP contribution >= 0.6 is 11.8 Å². The van der Waals surface area contributed by atoms with Crippen molar-refractivity contribution in [2.24, 2.45) is 0 Å². The minimum Gasteiger partial charge on any atom is -0.383 e. The lowest BCUT2D eigenvalue weighted by atomic mass is 10.4. The van der Waals surface area contributed by atoms with E-state index in [0.717, 1.165) is 24.2 Å². The molecule has 1 aromatic heterocycles. The topological polar surface area (TPSA) is 121 Å². The van der Waals surface area contributed by atoms with E-state index in [9.17, 15) is 14.4 Å². The first-order valence-electron chi connectivity index (χ1n) is 6.42. The number of rotatable bonds is 7. The Morgan fingerprint density at radius 2 is 2.24 bits per heavy atom. The number of anilines is 1. The van der Waals surface area contributed by atoms with Crippen LogP contribution in [0.1, 0.15) is 13.3 Å². The molecule has 0 spiro atoms. The van der Waals surface area contributed by atoms with Gasteiger partial charge in [0.05, 0.1) is 12.3 Å². The van der Waals surface area contributed by atoms with E-state index in [4.69, 9.17) is 5.73 Å². The van der Waals surface area contributed by atoms with Gasteiger partial charge < -0.3 is 20.9 Å². The first-order chi connectivity index (χ1) is 9.92. The van der Waals surface area contributed by atoms with E-state index in [1.165, 1.54) is 4.90 Å². The molecule has 116 valence electrons. The molecule has 0 bridgehead atoms. The number of aromatic amines is 1. The van der Waals surface area contributed by atoms with Gasteiger partial charge in [0.2, 0.25) is 11.8 Å². The van der Waals surface area contributed by atoms with Gasteiger partial charge in [0, 0.05) is 19.7 Å². The van der Waals surface area contributed by atoms with Gasteiger partial charge in [-0.15, -0.1) is 0 Å². The van der Waals surface area contributed by atoms with Gasteiger partial charge >= 0.3 is 0 Å². The molecule has 21 heavy (non-hydrogen) atoms. The van der Waals surface area contributed by atoms with E-state index in [1.807, 2.05) is 6.92 Å². The number of amides is 2. The van der Waals surface area contributed by atoms with Gasteiger partial charge in [-0.2, -0.15) is 0 Å². The van der Waals surface area contributed by atoms with Gasteiger partial charge in [0.1, 0.15) is 5.82 Å². The van der Waals surface area contributed by atoms with Gasteiger partial charge in [-0.1, -0.05) is 18.7 Å². The molecule has 1 heterocycles. The highest BCUT2D eigenvalue weighted by molar-refractivity contribution is 7.99. The Morgan fingerprint density at radius 1 is 1.52 bits per heavy atom. The molecular weight excluding hydrogens is 294 g/mol. The second kappa shape index (κ2) is 8.30. The fourth-order valence-corrected chi connectivity index (χ4v) is 2.21. The fraction of sp³-hybridized carbons (Fsp3) is 0.500. The molecule has 0 aliphatic carbocycles. The van der Waals surface area contributed by atoms with E-state index in [1.54, 1.807) is 7.05 Å². The number of thioether (sulfide) groups is 1. The van der Waals surface area contributed by atoms with Crippen molar-refractivity contribution in [3.05, 3.63) is 16.4 Å². The molecule has 0 atom stereocenters. The van der Waals surface area contributed by atoms with Gasteiger partial charge in [0.15, 0.2) is 5.16 Å². The standard InChI is InChI=1S/C12H19N5O3S/c1-3-4-14-10(19)6-17(2)11(20)7-21-12-15-8(13)5-9(18)16-12/h5H,3-4,6-7H2,1-2H3,(H,14,19)(H3,13,15,16,18). The molecule has 0 aliphatic heterocycles. The minimum absolute atomic E-state index is 0.000268. The van der Waals surface area contributed by atoms with Gasteiger partial charge in [-0.25, -0.2) is 4.98 Å². The zero-order chi connectivity index (χ0) is 15.8. The smallest absolute Gasteiger partial charge is 0.253 e. The van der Waals surface area contributed by atoms with Crippen LogP contribution in [0.15, 0.2) is 16.0 Å². The van der Waals surface area contributed by atoms with Crippen molar-refractivity contribution in [3.8, 4) is 0 Å². The molecule has 1 aromatic rings. The summed E-state index contributed by atoms with van der Waals surface area (Å²) in [6, 6.07) is 1.16. The van der Waals surface area contributed by atoms with Crippen LogP contribution in [0, 0.1) is 0 Å². The average Bonchev–Trinajstić information content (AvgIpc) is 2.41. The molecule has 0 aromatic carbocycles. The van der Waals surface area contributed by atoms with Crippen LogP contribution in [0.4, 0.5) is 5.82 Å². The predicted octanol–water partition coefficient (Wildman–Crippen LogP) is -0.571. The molecule has 8 nitrogen and oxygen atoms in total. The number of H-pyrrole nitrogens is 1. The van der Waals surface area contributed by atoms with Crippen LogP contribution in [-0.4, -0.2) is 52.6 Å². The lowest BCUT2D eigenvalue weighted by Crippen LogP contribution is -2.39. The third-order valence-electron chi connectivity index (χ3n) is 2.45. The van der Waals surface area contributed by atoms with Gasteiger partial charge in [0.25, 0.3) is 5.56 Å². The summed E-state index contributed by atoms with van der Waals surface area (Å²) >= 11 is 1.06. The van der Waals surface area contributed by atoms with E-state index in [2.05, 4.69) is 15.3 Å². The third kappa shape index (κ3) is 6.30. The maximum absolute atomic E-state index is 11.9. The molecular formula is C12H19N5O3S. The lowest BCUT2D eigenvalue weighted by molar-refractivity contribution is -0.132. The quantitative estimate of drug-likeness (QED) is 0.458. The minimum atomic E-state index is -0.371. The maximum Gasteiger partial charge on any atom is 0.253 e. The summed E-state index contributed by atoms with van der Waals surface area (Å²) in [7, 11) is 1.55. The predicted molar refractivity (Wildman–Crippen MR) is 80.9 cm³/mol. The van der Waals surface area contributed by atoms with Gasteiger partial charge in [-0.05, 0) is 6.42 Å². The molecule has 0 radical (unpaired) electrons. The Bertz CT molecular complexity index is 560. The van der Waals surface area contributed by atoms with Crippen molar-refractivity contribution in [1.82, 2.24) is 20.2 Å². The molecule has 0 saturated carbocycles. The van der Waals surface area contributed by atoms with Crippen molar-refractivity contribution in [1.29, 1.82) is 0 Å². The van der Waals surface area contributed by atoms with Crippen LogP contribution < -0.4 is 16.6 Å². The molecule has 0 unspecified atom stereocenters. The second-order valence-electron chi connectivity index (χ2n) is 4.36. The summed E-state index contributed by atoms with van der Waals surface area (Å²) in [6.45, 7) is 2.54.